The van der Waals surface area contributed by atoms with Crippen LogP contribution in [0.3, 0.4) is 0 Å². The number of carboxylic acid groups (broad SMARTS) is 2. The largest absolute Gasteiger partial charge is 0.496 e. The zero-order valence-electron chi connectivity index (χ0n) is 19.0. The van der Waals surface area contributed by atoms with Crippen molar-refractivity contribution in [2.45, 2.75) is 0 Å². The lowest BCUT2D eigenvalue weighted by Crippen LogP contribution is -2.31. The number of benzene rings is 1. The summed E-state index contributed by atoms with van der Waals surface area (Å²) < 4.78 is 10.5. The van der Waals surface area contributed by atoms with Crippen LogP contribution >= 0.6 is 11.3 Å². The average molecular weight is 495 g/mol. The van der Waals surface area contributed by atoms with Crippen molar-refractivity contribution in [1.29, 1.82) is 0 Å². The fraction of sp³-hybridized carbons (Fsp3) is 0.286. The number of rotatable bonds is 10. The Morgan fingerprint density at radius 3 is 2.06 bits per heavy atom. The predicted molar refractivity (Wildman–Crippen MR) is 125 cm³/mol. The smallest absolute Gasteiger partial charge is 0.328 e. The van der Waals surface area contributed by atoms with Gasteiger partial charge >= 0.3 is 11.9 Å². The monoisotopic (exact) mass is 494 g/mol. The molecule has 34 heavy (non-hydrogen) atoms. The quantitative estimate of drug-likeness (QED) is 0.355. The second kappa shape index (κ2) is 14.2. The summed E-state index contributed by atoms with van der Waals surface area (Å²) in [6, 6.07) is 5.07. The van der Waals surface area contributed by atoms with Crippen LogP contribution in [0, 0.1) is 0 Å². The number of aliphatic carboxylic acids is 2. The third-order valence-corrected chi connectivity index (χ3v) is 4.58. The van der Waals surface area contributed by atoms with Crippen molar-refractivity contribution in [2.75, 3.05) is 46.7 Å². The zero-order chi connectivity index (χ0) is 25.7. The fourth-order valence-corrected chi connectivity index (χ4v) is 2.98. The minimum atomic E-state index is -1.26. The summed E-state index contributed by atoms with van der Waals surface area (Å²) in [6.45, 7) is 1.25. The molecule has 1 heterocycles. The van der Waals surface area contributed by atoms with E-state index in [1.807, 2.05) is 19.0 Å². The molecule has 0 aliphatic carbocycles. The number of thiazole rings is 1. The number of nitrogens with one attached hydrogen (secondary N) is 2. The van der Waals surface area contributed by atoms with Gasteiger partial charge in [0.15, 0.2) is 5.13 Å². The summed E-state index contributed by atoms with van der Waals surface area (Å²) in [7, 11) is 6.81. The molecule has 1 aromatic carbocycles. The van der Waals surface area contributed by atoms with Gasteiger partial charge < -0.3 is 29.9 Å². The Morgan fingerprint density at radius 2 is 1.59 bits per heavy atom. The van der Waals surface area contributed by atoms with E-state index in [-0.39, 0.29) is 17.2 Å². The fourth-order valence-electron chi connectivity index (χ4n) is 2.30. The highest BCUT2D eigenvalue weighted by atomic mass is 32.1. The van der Waals surface area contributed by atoms with Crippen molar-refractivity contribution < 1.29 is 38.9 Å². The van der Waals surface area contributed by atoms with E-state index in [1.54, 1.807) is 23.6 Å². The second-order valence-corrected chi connectivity index (χ2v) is 7.46. The van der Waals surface area contributed by atoms with Crippen LogP contribution < -0.4 is 20.1 Å². The van der Waals surface area contributed by atoms with Crippen LogP contribution in [0.2, 0.25) is 0 Å². The van der Waals surface area contributed by atoms with Crippen molar-refractivity contribution in [1.82, 2.24) is 15.2 Å². The summed E-state index contributed by atoms with van der Waals surface area (Å²) >= 11 is 1.17. The Labute approximate surface area is 199 Å². The molecule has 2 aromatic rings. The number of hydrogen-bond acceptors (Lipinski definition) is 9. The zero-order valence-corrected chi connectivity index (χ0v) is 19.8. The summed E-state index contributed by atoms with van der Waals surface area (Å²) in [5, 5.41) is 23.0. The van der Waals surface area contributed by atoms with Gasteiger partial charge in [-0.1, -0.05) is 6.07 Å². The standard InChI is InChI=1S/C17H22N4O4S.C4H4O4/c1-21(2)9-8-18-15(22)11-10-26-17(19-11)20-16(23)14-12(24-3)6-5-7-13(14)25-4;5-3(6)1-2-4(7)8/h5-7,10H,8-9H2,1-4H3,(H,18,22)(H,19,20,23);1-2H,(H,5,6)(H,7,8). The van der Waals surface area contributed by atoms with Crippen LogP contribution in [0.1, 0.15) is 20.8 Å². The average Bonchev–Trinajstić information content (AvgIpc) is 3.25. The minimum absolute atomic E-state index is 0.260. The van der Waals surface area contributed by atoms with Crippen molar-refractivity contribution >= 4 is 40.2 Å². The Balaban J connectivity index is 0.000000620. The normalized spacial score (nSPS) is 10.3. The maximum absolute atomic E-state index is 12.6. The number of hydrogen-bond donors (Lipinski definition) is 4. The Hall–Kier alpha value is -3.97. The molecule has 0 radical (unpaired) electrons. The molecule has 2 rings (SSSR count). The van der Waals surface area contributed by atoms with Gasteiger partial charge in [-0.15, -0.1) is 11.3 Å². The molecule has 1 aromatic heterocycles. The van der Waals surface area contributed by atoms with Gasteiger partial charge in [-0.25, -0.2) is 14.6 Å². The number of carboxylic acids is 2. The number of aromatic nitrogens is 1. The Kier molecular flexibility index (Phi) is 11.7. The van der Waals surface area contributed by atoms with E-state index in [0.717, 1.165) is 6.54 Å². The molecule has 0 aliphatic rings. The van der Waals surface area contributed by atoms with Crippen LogP contribution in [0.15, 0.2) is 35.7 Å². The van der Waals surface area contributed by atoms with Crippen LogP contribution in [-0.4, -0.2) is 85.3 Å². The summed E-state index contributed by atoms with van der Waals surface area (Å²) in [6.07, 6.45) is 1.12. The molecule has 12 nitrogen and oxygen atoms in total. The van der Waals surface area contributed by atoms with Gasteiger partial charge in [0.2, 0.25) is 0 Å². The number of anilines is 1. The number of likely N-dealkylation sites (N-methyl/N-ethyl adjacent to an activating group) is 1. The molecule has 0 fully saturated rings. The lowest BCUT2D eigenvalue weighted by atomic mass is 10.1. The molecule has 0 spiro atoms. The van der Waals surface area contributed by atoms with Crippen molar-refractivity contribution in [3.05, 3.63) is 47.0 Å². The Morgan fingerprint density at radius 1 is 1.03 bits per heavy atom. The van der Waals surface area contributed by atoms with E-state index in [1.165, 1.54) is 25.6 Å². The van der Waals surface area contributed by atoms with Crippen LogP contribution in [0.25, 0.3) is 0 Å². The van der Waals surface area contributed by atoms with Crippen LogP contribution in [-0.2, 0) is 9.59 Å². The minimum Gasteiger partial charge on any atom is -0.496 e. The molecule has 0 unspecified atom stereocenters. The lowest BCUT2D eigenvalue weighted by Gasteiger charge is -2.11. The number of methoxy groups -OCH3 is 2. The van der Waals surface area contributed by atoms with Crippen LogP contribution in [0.4, 0.5) is 5.13 Å². The molecule has 0 atom stereocenters. The molecule has 0 saturated heterocycles. The number of carbonyl (C=O) groups excluding carboxylic acids is 2. The summed E-state index contributed by atoms with van der Waals surface area (Å²) in [5.41, 5.74) is 0.528. The first kappa shape index (κ1) is 28.1. The van der Waals surface area contributed by atoms with Crippen molar-refractivity contribution in [3.63, 3.8) is 0 Å². The van der Waals surface area contributed by atoms with E-state index in [4.69, 9.17) is 19.7 Å². The predicted octanol–water partition coefficient (Wildman–Crippen LogP) is 1.42. The molecule has 0 bridgehead atoms. The van der Waals surface area contributed by atoms with Gasteiger partial charge in [-0.05, 0) is 26.2 Å². The van der Waals surface area contributed by atoms with Gasteiger partial charge in [0.1, 0.15) is 22.8 Å². The van der Waals surface area contributed by atoms with E-state index in [9.17, 15) is 19.2 Å². The third-order valence-electron chi connectivity index (χ3n) is 3.83. The van der Waals surface area contributed by atoms with E-state index < -0.39 is 17.8 Å². The lowest BCUT2D eigenvalue weighted by molar-refractivity contribution is -0.134. The molecule has 2 amide bonds. The summed E-state index contributed by atoms with van der Waals surface area (Å²) in [5.74, 6) is -2.44. The van der Waals surface area contributed by atoms with Crippen LogP contribution in [0.5, 0.6) is 11.5 Å². The number of nitrogens with zero attached hydrogens (tertiary/aromatic N) is 2. The van der Waals surface area contributed by atoms with Gasteiger partial charge in [0, 0.05) is 30.6 Å². The highest BCUT2D eigenvalue weighted by Gasteiger charge is 2.20. The first-order valence-electron chi connectivity index (χ1n) is 9.63. The van der Waals surface area contributed by atoms with Gasteiger partial charge in [-0.2, -0.15) is 0 Å². The molecule has 13 heteroatoms. The van der Waals surface area contributed by atoms with Crippen molar-refractivity contribution in [3.8, 4) is 11.5 Å². The number of ether oxygens (including phenoxy) is 2. The SMILES string of the molecule is COc1cccc(OC)c1C(=O)Nc1nc(C(=O)NCCN(C)C)cs1.O=C(O)C=CC(=O)O. The Bertz CT molecular complexity index is 997. The molecule has 184 valence electrons. The maximum Gasteiger partial charge on any atom is 0.328 e. The first-order valence-corrected chi connectivity index (χ1v) is 10.5. The second-order valence-electron chi connectivity index (χ2n) is 6.60. The molecule has 4 N–H and O–H groups in total. The van der Waals surface area contributed by atoms with E-state index in [0.29, 0.717) is 35.3 Å². The highest BCUT2D eigenvalue weighted by molar-refractivity contribution is 7.14. The molecular formula is C21H26N4O8S. The number of amides is 2. The van der Waals surface area contributed by atoms with Gasteiger partial charge in [0.25, 0.3) is 11.8 Å². The molecular weight excluding hydrogens is 468 g/mol. The first-order chi connectivity index (χ1) is 16.1. The van der Waals surface area contributed by atoms with Gasteiger partial charge in [-0.3, -0.25) is 14.9 Å². The van der Waals surface area contributed by atoms with E-state index >= 15 is 0 Å². The van der Waals surface area contributed by atoms with Gasteiger partial charge in [0.05, 0.1) is 14.2 Å². The van der Waals surface area contributed by atoms with E-state index in [2.05, 4.69) is 15.6 Å². The van der Waals surface area contributed by atoms with Crippen molar-refractivity contribution in [2.24, 2.45) is 0 Å². The molecule has 0 aliphatic heterocycles. The maximum atomic E-state index is 12.6. The topological polar surface area (TPSA) is 167 Å². The molecule has 0 saturated carbocycles. The summed E-state index contributed by atoms with van der Waals surface area (Å²) in [4.78, 5) is 49.9. The third kappa shape index (κ3) is 9.67. The number of carbonyl (C=O) groups is 4. The highest BCUT2D eigenvalue weighted by Crippen LogP contribution is 2.29.